The van der Waals surface area contributed by atoms with Crippen molar-refractivity contribution in [2.75, 3.05) is 0 Å². The second-order valence-corrected chi connectivity index (χ2v) is 8.57. The minimum atomic E-state index is -1.56. The number of hydrogen-bond acceptors (Lipinski definition) is 4. The molecule has 2 aromatic rings. The minimum absolute atomic E-state index is 0.206. The summed E-state index contributed by atoms with van der Waals surface area (Å²) in [5.74, 6) is 1.69. The van der Waals surface area contributed by atoms with Crippen LogP contribution in [0.25, 0.3) is 0 Å². The maximum atomic E-state index is 6.29. The molecule has 22 heavy (non-hydrogen) atoms. The molecule has 5 heteroatoms. The lowest BCUT2D eigenvalue weighted by Gasteiger charge is -2.30. The van der Waals surface area contributed by atoms with Crippen LogP contribution in [0.5, 0.6) is 11.5 Å². The van der Waals surface area contributed by atoms with Crippen LogP contribution in [0, 0.1) is 0 Å². The lowest BCUT2D eigenvalue weighted by atomic mass is 10.2. The largest absolute Gasteiger partial charge is 0.454 e. The summed E-state index contributed by atoms with van der Waals surface area (Å²) in [6.07, 6.45) is 4.40. The fourth-order valence-electron chi connectivity index (χ4n) is 3.43. The molecule has 0 spiro atoms. The van der Waals surface area contributed by atoms with Crippen molar-refractivity contribution < 1.29 is 9.47 Å². The van der Waals surface area contributed by atoms with Crippen molar-refractivity contribution in [2.24, 2.45) is 0 Å². The molecule has 0 atom stereocenters. The molecule has 0 unspecified atom stereocenters. The lowest BCUT2D eigenvalue weighted by Crippen LogP contribution is -2.54. The number of ether oxygens (including phenoxy) is 2. The summed E-state index contributed by atoms with van der Waals surface area (Å²) >= 11 is 0. The van der Waals surface area contributed by atoms with E-state index in [2.05, 4.69) is 45.8 Å². The van der Waals surface area contributed by atoms with Gasteiger partial charge in [-0.25, -0.2) is 0 Å². The minimum Gasteiger partial charge on any atom is -0.454 e. The third-order valence-electron chi connectivity index (χ3n) is 4.51. The number of fused-ring (bicyclic) bond motifs is 2. The maximum absolute atomic E-state index is 6.29. The molecule has 4 nitrogen and oxygen atoms in total. The Balaban J connectivity index is 1.62. The quantitative estimate of drug-likeness (QED) is 0.698. The van der Waals surface area contributed by atoms with Crippen LogP contribution >= 0.6 is 0 Å². The zero-order valence-corrected chi connectivity index (χ0v) is 13.2. The van der Waals surface area contributed by atoms with E-state index in [9.17, 15) is 0 Å². The van der Waals surface area contributed by atoms with Gasteiger partial charge in [0, 0.05) is 36.6 Å². The molecule has 5 rings (SSSR count). The molecular formula is C17H16N2O2Si. The molecule has 110 valence electrons. The SMILES string of the molecule is C1=CN2Cc3ccccc3OC3Oc4ccccc4CN1[SiH]32. The predicted octanol–water partition coefficient (Wildman–Crippen LogP) is 2.35. The van der Waals surface area contributed by atoms with E-state index in [1.165, 1.54) is 11.1 Å². The van der Waals surface area contributed by atoms with Crippen molar-refractivity contribution in [2.45, 2.75) is 19.0 Å². The Morgan fingerprint density at radius 2 is 1.27 bits per heavy atom. The summed E-state index contributed by atoms with van der Waals surface area (Å²) in [4.78, 5) is 0. The van der Waals surface area contributed by atoms with E-state index in [1.807, 2.05) is 24.3 Å². The van der Waals surface area contributed by atoms with E-state index in [0.717, 1.165) is 24.6 Å². The van der Waals surface area contributed by atoms with Gasteiger partial charge in [-0.15, -0.1) is 0 Å². The zero-order valence-electron chi connectivity index (χ0n) is 12.1. The van der Waals surface area contributed by atoms with Crippen molar-refractivity contribution >= 4 is 9.12 Å². The Morgan fingerprint density at radius 1 is 0.773 bits per heavy atom. The van der Waals surface area contributed by atoms with Crippen LogP contribution in [-0.4, -0.2) is 24.2 Å². The second-order valence-electron chi connectivity index (χ2n) is 5.88. The van der Waals surface area contributed by atoms with Crippen LogP contribution in [-0.2, 0) is 13.1 Å². The molecule has 0 fully saturated rings. The number of para-hydroxylation sites is 2. The molecule has 3 aliphatic rings. The van der Waals surface area contributed by atoms with Gasteiger partial charge >= 0.3 is 9.12 Å². The molecule has 2 aromatic carbocycles. The van der Waals surface area contributed by atoms with Gasteiger partial charge in [-0.2, -0.15) is 0 Å². The fourth-order valence-corrected chi connectivity index (χ4v) is 6.25. The normalized spacial score (nSPS) is 24.4. The van der Waals surface area contributed by atoms with Crippen molar-refractivity contribution in [3.05, 3.63) is 72.1 Å². The summed E-state index contributed by atoms with van der Waals surface area (Å²) in [6, 6.07) is 16.5. The molecule has 0 aliphatic carbocycles. The van der Waals surface area contributed by atoms with E-state index in [0.29, 0.717) is 0 Å². The van der Waals surface area contributed by atoms with Gasteiger partial charge in [0.25, 0.3) is 5.91 Å². The van der Waals surface area contributed by atoms with Gasteiger partial charge < -0.3 is 18.6 Å². The van der Waals surface area contributed by atoms with Gasteiger partial charge in [0.05, 0.1) is 0 Å². The van der Waals surface area contributed by atoms with Crippen molar-refractivity contribution in [1.29, 1.82) is 0 Å². The summed E-state index contributed by atoms with van der Waals surface area (Å²) in [7, 11) is -1.56. The Labute approximate surface area is 130 Å². The maximum Gasteiger partial charge on any atom is 0.340 e. The van der Waals surface area contributed by atoms with Gasteiger partial charge in [0.15, 0.2) is 0 Å². The first-order valence-corrected chi connectivity index (χ1v) is 9.27. The predicted molar refractivity (Wildman–Crippen MR) is 85.3 cm³/mol. The first kappa shape index (κ1) is 12.2. The van der Waals surface area contributed by atoms with Gasteiger partial charge in [-0.05, 0) is 12.1 Å². The van der Waals surface area contributed by atoms with Gasteiger partial charge in [0.1, 0.15) is 11.5 Å². The van der Waals surface area contributed by atoms with E-state index >= 15 is 0 Å². The van der Waals surface area contributed by atoms with Crippen LogP contribution in [0.4, 0.5) is 0 Å². The van der Waals surface area contributed by atoms with Crippen LogP contribution in [0.3, 0.4) is 0 Å². The fraction of sp³-hybridized carbons (Fsp3) is 0.176. The smallest absolute Gasteiger partial charge is 0.340 e. The standard InChI is InChI=1S/C17H16N2O2Si/c1-3-7-15-13(5-1)11-18-9-10-19-12-14-6-2-4-8-16(14)21-17(20-15)22(18)19/h1-10,17,22H,11-12H2. The number of hydrogen-bond donors (Lipinski definition) is 0. The van der Waals surface area contributed by atoms with E-state index in [1.54, 1.807) is 0 Å². The first-order chi connectivity index (χ1) is 10.9. The second kappa shape index (κ2) is 4.54. The molecule has 0 saturated carbocycles. The van der Waals surface area contributed by atoms with Crippen LogP contribution in [0.2, 0.25) is 0 Å². The monoisotopic (exact) mass is 308 g/mol. The average molecular weight is 308 g/mol. The number of rotatable bonds is 0. The molecule has 3 heterocycles. The Bertz CT molecular complexity index is 702. The highest BCUT2D eigenvalue weighted by molar-refractivity contribution is 6.55. The average Bonchev–Trinajstić information content (AvgIpc) is 2.76. The summed E-state index contributed by atoms with van der Waals surface area (Å²) in [6.45, 7) is 1.80. The Kier molecular flexibility index (Phi) is 2.51. The van der Waals surface area contributed by atoms with Crippen LogP contribution in [0.15, 0.2) is 60.9 Å². The van der Waals surface area contributed by atoms with Crippen LogP contribution < -0.4 is 9.47 Å². The first-order valence-electron chi connectivity index (χ1n) is 7.57. The molecule has 3 aliphatic heterocycles. The van der Waals surface area contributed by atoms with Gasteiger partial charge in [0.2, 0.25) is 0 Å². The van der Waals surface area contributed by atoms with Crippen LogP contribution in [0.1, 0.15) is 11.1 Å². The number of benzene rings is 2. The van der Waals surface area contributed by atoms with Crippen molar-refractivity contribution in [3.63, 3.8) is 0 Å². The summed E-state index contributed by atoms with van der Waals surface area (Å²) in [5.41, 5.74) is 2.46. The van der Waals surface area contributed by atoms with E-state index < -0.39 is 9.12 Å². The van der Waals surface area contributed by atoms with Crippen molar-refractivity contribution in [1.82, 2.24) is 9.13 Å². The highest BCUT2D eigenvalue weighted by atomic mass is 28.3. The van der Waals surface area contributed by atoms with Gasteiger partial charge in [-0.3, -0.25) is 0 Å². The third kappa shape index (κ3) is 1.75. The zero-order chi connectivity index (χ0) is 14.5. The van der Waals surface area contributed by atoms with Crippen molar-refractivity contribution in [3.8, 4) is 11.5 Å². The highest BCUT2D eigenvalue weighted by Crippen LogP contribution is 2.35. The number of nitrogens with zero attached hydrogens (tertiary/aromatic N) is 2. The molecule has 0 radical (unpaired) electrons. The van der Waals surface area contributed by atoms with Gasteiger partial charge in [-0.1, -0.05) is 36.4 Å². The molecular weight excluding hydrogens is 292 g/mol. The molecule has 0 bridgehead atoms. The lowest BCUT2D eigenvalue weighted by molar-refractivity contribution is 0.0643. The molecule has 0 N–H and O–H groups in total. The van der Waals surface area contributed by atoms with E-state index in [4.69, 9.17) is 9.47 Å². The summed E-state index contributed by atoms with van der Waals surface area (Å²) < 4.78 is 17.5. The molecule has 0 saturated heterocycles. The summed E-state index contributed by atoms with van der Waals surface area (Å²) in [5, 5.41) is 0. The highest BCUT2D eigenvalue weighted by Gasteiger charge is 2.44. The molecule has 0 amide bonds. The Morgan fingerprint density at radius 3 is 1.82 bits per heavy atom. The molecule has 0 aromatic heterocycles. The Hall–Kier alpha value is -2.40. The third-order valence-corrected chi connectivity index (χ3v) is 7.34. The topological polar surface area (TPSA) is 24.9 Å². The van der Waals surface area contributed by atoms with E-state index in [-0.39, 0.29) is 5.91 Å².